The Morgan fingerprint density at radius 1 is 1.10 bits per heavy atom. The number of fused-ring (bicyclic) bond motifs is 1. The smallest absolute Gasteiger partial charge is 0.153 e. The van der Waals surface area contributed by atoms with Gasteiger partial charge >= 0.3 is 0 Å². The van der Waals surface area contributed by atoms with Gasteiger partial charge in [0.05, 0.1) is 6.10 Å². The molecule has 0 bridgehead atoms. The second kappa shape index (κ2) is 7.76. The molecular formula is C23H23N5O2. The van der Waals surface area contributed by atoms with Crippen molar-refractivity contribution in [2.24, 2.45) is 0 Å². The molecule has 1 aliphatic rings. The summed E-state index contributed by atoms with van der Waals surface area (Å²) in [6, 6.07) is 17.9. The number of anilines is 1. The van der Waals surface area contributed by atoms with Crippen molar-refractivity contribution in [3.8, 4) is 17.0 Å². The lowest BCUT2D eigenvalue weighted by Gasteiger charge is -2.08. The summed E-state index contributed by atoms with van der Waals surface area (Å²) in [6.07, 6.45) is 3.49. The molecule has 152 valence electrons. The van der Waals surface area contributed by atoms with Gasteiger partial charge in [-0.05, 0) is 37.0 Å². The molecular weight excluding hydrogens is 378 g/mol. The molecule has 7 heteroatoms. The largest absolute Gasteiger partial charge is 0.489 e. The zero-order chi connectivity index (χ0) is 20.5. The Labute approximate surface area is 174 Å². The molecule has 0 saturated heterocycles. The molecule has 5 rings (SSSR count). The fourth-order valence-corrected chi connectivity index (χ4v) is 4.11. The zero-order valence-corrected chi connectivity index (χ0v) is 16.5. The molecule has 1 aliphatic carbocycles. The maximum absolute atomic E-state index is 9.99. The molecule has 0 aliphatic heterocycles. The summed E-state index contributed by atoms with van der Waals surface area (Å²) >= 11 is 0. The maximum Gasteiger partial charge on any atom is 0.153 e. The summed E-state index contributed by atoms with van der Waals surface area (Å²) in [7, 11) is 0. The van der Waals surface area contributed by atoms with Gasteiger partial charge in [0.1, 0.15) is 35.7 Å². The number of aliphatic hydroxyl groups is 1. The van der Waals surface area contributed by atoms with Crippen LogP contribution in [0.5, 0.6) is 5.75 Å². The van der Waals surface area contributed by atoms with E-state index in [1.807, 2.05) is 54.6 Å². The fraction of sp³-hybridized carbons (Fsp3) is 0.261. The molecule has 1 fully saturated rings. The number of imidazole rings is 1. The Bertz CT molecular complexity index is 1170. The lowest BCUT2D eigenvalue weighted by Crippen LogP contribution is -2.06. The van der Waals surface area contributed by atoms with Crippen molar-refractivity contribution in [1.29, 1.82) is 0 Å². The molecule has 0 spiro atoms. The third-order valence-corrected chi connectivity index (χ3v) is 5.61. The summed E-state index contributed by atoms with van der Waals surface area (Å²) in [5.41, 5.74) is 9.63. The van der Waals surface area contributed by atoms with E-state index >= 15 is 0 Å². The predicted molar refractivity (Wildman–Crippen MR) is 114 cm³/mol. The summed E-state index contributed by atoms with van der Waals surface area (Å²) in [5.74, 6) is 2.10. The summed E-state index contributed by atoms with van der Waals surface area (Å²) in [5, 5.41) is 14.4. The van der Waals surface area contributed by atoms with Gasteiger partial charge in [-0.1, -0.05) is 42.5 Å². The molecule has 0 radical (unpaired) electrons. The van der Waals surface area contributed by atoms with E-state index in [0.29, 0.717) is 24.4 Å². The second-order valence-corrected chi connectivity index (χ2v) is 7.69. The average molecular weight is 401 g/mol. The standard InChI is InChI=1S/C23H23N5O2/c24-22-21-20(27-23(28(21)26-14-25-22)17-9-10-18(29)11-17)16-7-4-8-19(12-16)30-13-15-5-2-1-3-6-15/h1-8,12,14,17-18,29H,9-11,13H2,(H2,24,25,26). The highest BCUT2D eigenvalue weighted by Crippen LogP contribution is 2.37. The van der Waals surface area contributed by atoms with Gasteiger partial charge in [-0.25, -0.2) is 14.5 Å². The molecule has 2 heterocycles. The van der Waals surface area contributed by atoms with Crippen molar-refractivity contribution < 1.29 is 9.84 Å². The SMILES string of the molecule is Nc1ncnn2c(C3CCC(O)C3)nc(-c3cccc(OCc4ccccc4)c3)c12. The maximum atomic E-state index is 9.99. The fourth-order valence-electron chi connectivity index (χ4n) is 4.11. The quantitative estimate of drug-likeness (QED) is 0.530. The number of ether oxygens (including phenoxy) is 1. The molecule has 3 N–H and O–H groups in total. The van der Waals surface area contributed by atoms with Crippen LogP contribution in [0.1, 0.15) is 36.6 Å². The summed E-state index contributed by atoms with van der Waals surface area (Å²) < 4.78 is 7.76. The first-order valence-electron chi connectivity index (χ1n) is 10.1. The Morgan fingerprint density at radius 2 is 1.97 bits per heavy atom. The number of aromatic nitrogens is 4. The zero-order valence-electron chi connectivity index (χ0n) is 16.5. The number of hydrogen-bond donors (Lipinski definition) is 2. The van der Waals surface area contributed by atoms with E-state index in [1.165, 1.54) is 6.33 Å². The van der Waals surface area contributed by atoms with Crippen LogP contribution in [0.4, 0.5) is 5.82 Å². The lowest BCUT2D eigenvalue weighted by atomic mass is 10.1. The van der Waals surface area contributed by atoms with Crippen LogP contribution in [0.25, 0.3) is 16.8 Å². The topological polar surface area (TPSA) is 98.6 Å². The normalized spacial score (nSPS) is 18.7. The molecule has 4 aromatic rings. The molecule has 2 aromatic carbocycles. The van der Waals surface area contributed by atoms with E-state index in [9.17, 15) is 5.11 Å². The van der Waals surface area contributed by atoms with Crippen LogP contribution in [0, 0.1) is 0 Å². The summed E-state index contributed by atoms with van der Waals surface area (Å²) in [6.45, 7) is 0.491. The van der Waals surface area contributed by atoms with Crippen molar-refractivity contribution in [3.63, 3.8) is 0 Å². The van der Waals surface area contributed by atoms with Crippen molar-refractivity contribution >= 4 is 11.3 Å². The van der Waals surface area contributed by atoms with Crippen LogP contribution in [0.3, 0.4) is 0 Å². The first kappa shape index (κ1) is 18.6. The minimum atomic E-state index is -0.292. The van der Waals surface area contributed by atoms with Crippen molar-refractivity contribution in [2.75, 3.05) is 5.73 Å². The van der Waals surface area contributed by atoms with Gasteiger partial charge in [-0.15, -0.1) is 0 Å². The lowest BCUT2D eigenvalue weighted by molar-refractivity contribution is 0.181. The Morgan fingerprint density at radius 3 is 2.77 bits per heavy atom. The van der Waals surface area contributed by atoms with Gasteiger partial charge in [-0.2, -0.15) is 5.10 Å². The van der Waals surface area contributed by atoms with E-state index in [2.05, 4.69) is 10.1 Å². The van der Waals surface area contributed by atoms with Crippen LogP contribution in [0.15, 0.2) is 60.9 Å². The Balaban J connectivity index is 1.51. The summed E-state index contributed by atoms with van der Waals surface area (Å²) in [4.78, 5) is 9.08. The van der Waals surface area contributed by atoms with Crippen LogP contribution in [-0.2, 0) is 6.61 Å². The molecule has 7 nitrogen and oxygen atoms in total. The average Bonchev–Trinajstić information content (AvgIpc) is 3.38. The highest BCUT2D eigenvalue weighted by atomic mass is 16.5. The van der Waals surface area contributed by atoms with Crippen molar-refractivity contribution in [3.05, 3.63) is 72.3 Å². The number of aliphatic hydroxyl groups excluding tert-OH is 1. The highest BCUT2D eigenvalue weighted by Gasteiger charge is 2.30. The van der Waals surface area contributed by atoms with Crippen LogP contribution in [0.2, 0.25) is 0 Å². The van der Waals surface area contributed by atoms with Gasteiger partial charge in [-0.3, -0.25) is 0 Å². The van der Waals surface area contributed by atoms with E-state index < -0.39 is 0 Å². The van der Waals surface area contributed by atoms with Crippen molar-refractivity contribution in [1.82, 2.24) is 19.6 Å². The van der Waals surface area contributed by atoms with Gasteiger partial charge in [0, 0.05) is 11.5 Å². The van der Waals surface area contributed by atoms with E-state index in [-0.39, 0.29) is 12.0 Å². The number of hydrogen-bond acceptors (Lipinski definition) is 6. The molecule has 2 atom stereocenters. The third-order valence-electron chi connectivity index (χ3n) is 5.61. The first-order valence-corrected chi connectivity index (χ1v) is 10.1. The van der Waals surface area contributed by atoms with E-state index in [4.69, 9.17) is 15.5 Å². The highest BCUT2D eigenvalue weighted by molar-refractivity contribution is 5.85. The minimum absolute atomic E-state index is 0.146. The molecule has 1 saturated carbocycles. The van der Waals surface area contributed by atoms with E-state index in [0.717, 1.165) is 41.2 Å². The van der Waals surface area contributed by atoms with Crippen LogP contribution in [-0.4, -0.2) is 30.8 Å². The number of rotatable bonds is 5. The number of nitrogen functional groups attached to an aromatic ring is 1. The number of nitrogens with two attached hydrogens (primary N) is 1. The van der Waals surface area contributed by atoms with E-state index in [1.54, 1.807) is 4.52 Å². The van der Waals surface area contributed by atoms with Gasteiger partial charge in [0.15, 0.2) is 5.82 Å². The van der Waals surface area contributed by atoms with Gasteiger partial charge in [0.25, 0.3) is 0 Å². The van der Waals surface area contributed by atoms with Crippen molar-refractivity contribution in [2.45, 2.75) is 37.9 Å². The first-order chi connectivity index (χ1) is 14.7. The predicted octanol–water partition coefficient (Wildman–Crippen LogP) is 3.58. The molecule has 0 amide bonds. The number of benzene rings is 2. The van der Waals surface area contributed by atoms with Crippen LogP contribution >= 0.6 is 0 Å². The molecule has 30 heavy (non-hydrogen) atoms. The Hall–Kier alpha value is -3.45. The Kier molecular flexibility index (Phi) is 4.80. The number of nitrogens with zero attached hydrogens (tertiary/aromatic N) is 4. The van der Waals surface area contributed by atoms with Crippen LogP contribution < -0.4 is 10.5 Å². The van der Waals surface area contributed by atoms with Gasteiger partial charge in [0.2, 0.25) is 0 Å². The monoisotopic (exact) mass is 401 g/mol. The second-order valence-electron chi connectivity index (χ2n) is 7.69. The van der Waals surface area contributed by atoms with Gasteiger partial charge < -0.3 is 15.6 Å². The molecule has 2 aromatic heterocycles. The third kappa shape index (κ3) is 3.48. The molecule has 2 unspecified atom stereocenters. The minimum Gasteiger partial charge on any atom is -0.489 e.